The number of para-hydroxylation sites is 1. The quantitative estimate of drug-likeness (QED) is 0.128. The van der Waals surface area contributed by atoms with Gasteiger partial charge in [0.1, 0.15) is 5.75 Å². The summed E-state index contributed by atoms with van der Waals surface area (Å²) in [6.07, 6.45) is 1.36. The van der Waals surface area contributed by atoms with Crippen LogP contribution in [0.5, 0.6) is 5.75 Å². The standard InChI is InChI=1S/C28H19Cl2N3O4/c29-21-12-15-23(24(30)16-21)28(36)37-25-9-5-4-8-20(25)17-31-33-27(35)19-10-13-22(14-11-19)32-26(34)18-6-2-1-3-7-18/h1-17H,(H,32,34)(H,33,35). The normalized spacial score (nSPS) is 10.6. The molecule has 0 radical (unpaired) electrons. The first-order chi connectivity index (χ1) is 17.9. The number of hydrogen-bond donors (Lipinski definition) is 2. The summed E-state index contributed by atoms with van der Waals surface area (Å²) in [6.45, 7) is 0. The molecule has 0 aliphatic carbocycles. The van der Waals surface area contributed by atoms with Crippen LogP contribution < -0.4 is 15.5 Å². The van der Waals surface area contributed by atoms with E-state index in [4.69, 9.17) is 27.9 Å². The van der Waals surface area contributed by atoms with Gasteiger partial charge in [-0.1, -0.05) is 53.5 Å². The zero-order valence-corrected chi connectivity index (χ0v) is 20.7. The summed E-state index contributed by atoms with van der Waals surface area (Å²) in [7, 11) is 0. The predicted molar refractivity (Wildman–Crippen MR) is 144 cm³/mol. The van der Waals surface area contributed by atoms with Gasteiger partial charge >= 0.3 is 5.97 Å². The van der Waals surface area contributed by atoms with E-state index >= 15 is 0 Å². The van der Waals surface area contributed by atoms with E-state index < -0.39 is 11.9 Å². The van der Waals surface area contributed by atoms with Gasteiger partial charge in [0, 0.05) is 27.4 Å². The molecule has 0 saturated heterocycles. The van der Waals surface area contributed by atoms with Crippen LogP contribution in [0.4, 0.5) is 5.69 Å². The second kappa shape index (κ2) is 12.0. The van der Waals surface area contributed by atoms with Crippen molar-refractivity contribution in [2.45, 2.75) is 0 Å². The highest BCUT2D eigenvalue weighted by atomic mass is 35.5. The average Bonchev–Trinajstić information content (AvgIpc) is 2.90. The number of nitrogens with zero attached hydrogens (tertiary/aromatic N) is 1. The van der Waals surface area contributed by atoms with Crippen LogP contribution in [0, 0.1) is 0 Å². The number of nitrogens with one attached hydrogen (secondary N) is 2. The topological polar surface area (TPSA) is 96.9 Å². The van der Waals surface area contributed by atoms with E-state index in [-0.39, 0.29) is 22.2 Å². The molecule has 37 heavy (non-hydrogen) atoms. The van der Waals surface area contributed by atoms with E-state index in [0.717, 1.165) is 0 Å². The van der Waals surface area contributed by atoms with Crippen molar-refractivity contribution in [2.24, 2.45) is 5.10 Å². The first-order valence-electron chi connectivity index (χ1n) is 11.0. The van der Waals surface area contributed by atoms with Crippen molar-refractivity contribution in [3.63, 3.8) is 0 Å². The number of ether oxygens (including phenoxy) is 1. The molecule has 4 aromatic carbocycles. The summed E-state index contributed by atoms with van der Waals surface area (Å²) >= 11 is 12.0. The Kier molecular flexibility index (Phi) is 8.30. The second-order valence-electron chi connectivity index (χ2n) is 7.65. The van der Waals surface area contributed by atoms with E-state index in [1.807, 2.05) is 6.07 Å². The van der Waals surface area contributed by atoms with Gasteiger partial charge in [-0.05, 0) is 66.7 Å². The molecule has 0 atom stereocenters. The van der Waals surface area contributed by atoms with Gasteiger partial charge in [0.25, 0.3) is 11.8 Å². The van der Waals surface area contributed by atoms with E-state index in [9.17, 15) is 14.4 Å². The highest BCUT2D eigenvalue weighted by Crippen LogP contribution is 2.24. The van der Waals surface area contributed by atoms with Crippen molar-refractivity contribution in [1.29, 1.82) is 0 Å². The number of hydrogen-bond acceptors (Lipinski definition) is 5. The number of anilines is 1. The number of carbonyl (C=O) groups is 3. The summed E-state index contributed by atoms with van der Waals surface area (Å²) in [4.78, 5) is 37.3. The first kappa shape index (κ1) is 25.6. The van der Waals surface area contributed by atoms with Gasteiger partial charge < -0.3 is 10.1 Å². The summed E-state index contributed by atoms with van der Waals surface area (Å²) in [5.74, 6) is -1.14. The maximum Gasteiger partial charge on any atom is 0.345 e. The summed E-state index contributed by atoms with van der Waals surface area (Å²) < 4.78 is 5.47. The minimum atomic E-state index is -0.661. The molecule has 184 valence electrons. The number of rotatable bonds is 7. The summed E-state index contributed by atoms with van der Waals surface area (Å²) in [5.41, 5.74) is 4.46. The van der Waals surface area contributed by atoms with Crippen molar-refractivity contribution < 1.29 is 19.1 Å². The molecule has 0 aromatic heterocycles. The Balaban J connectivity index is 1.37. The molecule has 2 amide bonds. The molecule has 0 fully saturated rings. The van der Waals surface area contributed by atoms with Gasteiger partial charge in [-0.15, -0.1) is 0 Å². The molecule has 0 aliphatic rings. The molecule has 4 rings (SSSR count). The van der Waals surface area contributed by atoms with Gasteiger partial charge in [-0.3, -0.25) is 9.59 Å². The van der Waals surface area contributed by atoms with Crippen molar-refractivity contribution in [3.05, 3.63) is 129 Å². The molecule has 4 aromatic rings. The summed E-state index contributed by atoms with van der Waals surface area (Å²) in [5, 5.41) is 7.31. The fourth-order valence-corrected chi connectivity index (χ4v) is 3.70. The van der Waals surface area contributed by atoms with Crippen LogP contribution in [0.25, 0.3) is 0 Å². The molecular formula is C28H19Cl2N3O4. The Hall–Kier alpha value is -4.46. The first-order valence-corrected chi connectivity index (χ1v) is 11.7. The maximum absolute atomic E-state index is 12.6. The van der Waals surface area contributed by atoms with E-state index in [0.29, 0.717) is 27.4 Å². The third-order valence-corrected chi connectivity index (χ3v) is 5.63. The van der Waals surface area contributed by atoms with Gasteiger partial charge in [0.15, 0.2) is 0 Å². The number of esters is 1. The third kappa shape index (κ3) is 6.82. The van der Waals surface area contributed by atoms with E-state index in [1.54, 1.807) is 72.8 Å². The van der Waals surface area contributed by atoms with Crippen LogP contribution in [0.2, 0.25) is 10.0 Å². The highest BCUT2D eigenvalue weighted by Gasteiger charge is 2.15. The monoisotopic (exact) mass is 531 g/mol. The van der Waals surface area contributed by atoms with Gasteiger partial charge in [0.05, 0.1) is 16.8 Å². The molecule has 9 heteroatoms. The minimum Gasteiger partial charge on any atom is -0.422 e. The van der Waals surface area contributed by atoms with Crippen LogP contribution in [0.15, 0.2) is 102 Å². The third-order valence-electron chi connectivity index (χ3n) is 5.08. The van der Waals surface area contributed by atoms with Gasteiger partial charge in [0.2, 0.25) is 0 Å². The predicted octanol–water partition coefficient (Wildman–Crippen LogP) is 6.23. The molecular weight excluding hydrogens is 513 g/mol. The van der Waals surface area contributed by atoms with Crippen LogP contribution >= 0.6 is 23.2 Å². The molecule has 0 spiro atoms. The zero-order valence-electron chi connectivity index (χ0n) is 19.2. The van der Waals surface area contributed by atoms with Gasteiger partial charge in [-0.25, -0.2) is 10.2 Å². The number of carbonyl (C=O) groups excluding carboxylic acids is 3. The van der Waals surface area contributed by atoms with Crippen molar-refractivity contribution in [2.75, 3.05) is 5.32 Å². The number of benzene rings is 4. The molecule has 2 N–H and O–H groups in total. The second-order valence-corrected chi connectivity index (χ2v) is 8.49. The Morgan fingerprint density at radius 3 is 2.16 bits per heavy atom. The van der Waals surface area contributed by atoms with E-state index in [2.05, 4.69) is 15.8 Å². The van der Waals surface area contributed by atoms with Crippen LogP contribution in [-0.4, -0.2) is 24.0 Å². The molecule has 7 nitrogen and oxygen atoms in total. The van der Waals surface area contributed by atoms with Crippen LogP contribution in [0.3, 0.4) is 0 Å². The Labute approximate surface area is 222 Å². The fourth-order valence-electron chi connectivity index (χ4n) is 3.21. The minimum absolute atomic E-state index is 0.162. The number of halogens is 2. The van der Waals surface area contributed by atoms with Gasteiger partial charge in [-0.2, -0.15) is 5.10 Å². The Morgan fingerprint density at radius 2 is 1.43 bits per heavy atom. The fraction of sp³-hybridized carbons (Fsp3) is 0. The SMILES string of the molecule is O=C(NN=Cc1ccccc1OC(=O)c1ccc(Cl)cc1Cl)c1ccc(NC(=O)c2ccccc2)cc1. The lowest BCUT2D eigenvalue weighted by atomic mass is 10.1. The van der Waals surface area contributed by atoms with Crippen LogP contribution in [0.1, 0.15) is 36.6 Å². The van der Waals surface area contributed by atoms with Crippen LogP contribution in [-0.2, 0) is 0 Å². The zero-order chi connectivity index (χ0) is 26.2. The Morgan fingerprint density at radius 1 is 0.757 bits per heavy atom. The average molecular weight is 532 g/mol. The lowest BCUT2D eigenvalue weighted by Gasteiger charge is -2.08. The highest BCUT2D eigenvalue weighted by molar-refractivity contribution is 6.36. The molecule has 0 saturated carbocycles. The lowest BCUT2D eigenvalue weighted by molar-refractivity contribution is 0.0734. The summed E-state index contributed by atoms with van der Waals surface area (Å²) in [6, 6.07) is 26.3. The Bertz CT molecular complexity index is 1470. The lowest BCUT2D eigenvalue weighted by Crippen LogP contribution is -2.18. The van der Waals surface area contributed by atoms with Crippen molar-refractivity contribution in [1.82, 2.24) is 5.43 Å². The molecule has 0 unspecified atom stereocenters. The largest absolute Gasteiger partial charge is 0.422 e. The molecule has 0 heterocycles. The molecule has 0 bridgehead atoms. The number of hydrazone groups is 1. The molecule has 0 aliphatic heterocycles. The van der Waals surface area contributed by atoms with Crippen molar-refractivity contribution >= 4 is 52.9 Å². The maximum atomic E-state index is 12.6. The van der Waals surface area contributed by atoms with Crippen molar-refractivity contribution in [3.8, 4) is 5.75 Å². The van der Waals surface area contributed by atoms with E-state index in [1.165, 1.54) is 24.4 Å². The number of amides is 2. The smallest absolute Gasteiger partial charge is 0.345 e.